The maximum atomic E-state index is 12.5. The van der Waals surface area contributed by atoms with Gasteiger partial charge in [-0.25, -0.2) is 4.79 Å². The number of nitrogens with zero attached hydrogens (tertiary/aromatic N) is 3. The van der Waals surface area contributed by atoms with Gasteiger partial charge in [0.15, 0.2) is 0 Å². The number of ether oxygens (including phenoxy) is 3. The van der Waals surface area contributed by atoms with Gasteiger partial charge in [0.25, 0.3) is 11.8 Å². The molecule has 0 unspecified atom stereocenters. The molecule has 198 valence electrons. The predicted molar refractivity (Wildman–Crippen MR) is 143 cm³/mol. The number of fused-ring (bicyclic) bond motifs is 1. The van der Waals surface area contributed by atoms with Crippen LogP contribution in [0.3, 0.4) is 0 Å². The Hall–Kier alpha value is -4.76. The second-order valence-corrected chi connectivity index (χ2v) is 8.97. The van der Waals surface area contributed by atoms with Crippen LogP contribution in [0.2, 0.25) is 0 Å². The first-order valence-electron chi connectivity index (χ1n) is 12.5. The van der Waals surface area contributed by atoms with Crippen LogP contribution in [-0.4, -0.2) is 46.5 Å². The molecule has 9 nitrogen and oxygen atoms in total. The van der Waals surface area contributed by atoms with Gasteiger partial charge in [0.05, 0.1) is 31.4 Å². The second kappa shape index (κ2) is 11.7. The van der Waals surface area contributed by atoms with Crippen molar-refractivity contribution in [1.82, 2.24) is 14.5 Å². The monoisotopic (exact) mass is 525 g/mol. The average Bonchev–Trinajstić information content (AvgIpc) is 3.21. The summed E-state index contributed by atoms with van der Waals surface area (Å²) in [5.41, 5.74) is 2.97. The summed E-state index contributed by atoms with van der Waals surface area (Å²) in [4.78, 5) is 42.8. The fourth-order valence-electron chi connectivity index (χ4n) is 4.38. The van der Waals surface area contributed by atoms with Gasteiger partial charge in [-0.2, -0.15) is 4.98 Å². The molecule has 0 bridgehead atoms. The molecule has 0 saturated heterocycles. The molecule has 5 rings (SSSR count). The Bertz CT molecular complexity index is 1520. The lowest BCUT2D eigenvalue weighted by Crippen LogP contribution is -2.33. The van der Waals surface area contributed by atoms with Crippen LogP contribution in [0.25, 0.3) is 0 Å². The average molecular weight is 526 g/mol. The van der Waals surface area contributed by atoms with Crippen LogP contribution < -0.4 is 15.2 Å². The number of hydrogen-bond donors (Lipinski definition) is 0. The van der Waals surface area contributed by atoms with E-state index in [0.717, 1.165) is 21.8 Å². The van der Waals surface area contributed by atoms with Gasteiger partial charge in [-0.1, -0.05) is 54.6 Å². The number of hydrogen-bond acceptors (Lipinski definition) is 7. The zero-order valence-corrected chi connectivity index (χ0v) is 21.4. The maximum Gasteiger partial charge on any atom is 0.352 e. The fraction of sp³-hybridized carbons (Fsp3) is 0.200. The number of carbonyl (C=O) groups excluding carboxylic acids is 2. The highest BCUT2D eigenvalue weighted by Gasteiger charge is 2.34. The summed E-state index contributed by atoms with van der Waals surface area (Å²) in [5.74, 6) is 0.269. The lowest BCUT2D eigenvalue weighted by atomic mass is 10.1. The quantitative estimate of drug-likeness (QED) is 0.218. The van der Waals surface area contributed by atoms with Crippen LogP contribution in [0, 0.1) is 0 Å². The smallest absolute Gasteiger partial charge is 0.352 e. The zero-order valence-electron chi connectivity index (χ0n) is 21.4. The van der Waals surface area contributed by atoms with Crippen molar-refractivity contribution < 1.29 is 23.8 Å². The summed E-state index contributed by atoms with van der Waals surface area (Å²) < 4.78 is 18.3. The van der Waals surface area contributed by atoms with Crippen LogP contribution in [0.1, 0.15) is 37.4 Å². The minimum absolute atomic E-state index is 0.0695. The number of aromatic nitrogens is 2. The van der Waals surface area contributed by atoms with E-state index in [1.807, 2.05) is 54.6 Å². The molecule has 1 aromatic heterocycles. The van der Waals surface area contributed by atoms with Gasteiger partial charge < -0.3 is 14.2 Å². The Morgan fingerprint density at radius 3 is 2.23 bits per heavy atom. The molecule has 4 aromatic rings. The molecule has 0 aliphatic carbocycles. The molecule has 2 amide bonds. The van der Waals surface area contributed by atoms with Crippen LogP contribution in [-0.2, 0) is 24.5 Å². The lowest BCUT2D eigenvalue weighted by molar-refractivity contribution is 0.0431. The molecule has 0 atom stereocenters. The topological polar surface area (TPSA) is 100.0 Å². The van der Waals surface area contributed by atoms with E-state index in [-0.39, 0.29) is 37.6 Å². The van der Waals surface area contributed by atoms with Crippen molar-refractivity contribution in [3.8, 4) is 11.6 Å². The number of imide groups is 1. The van der Waals surface area contributed by atoms with Crippen molar-refractivity contribution in [2.75, 3.05) is 20.3 Å². The zero-order chi connectivity index (χ0) is 27.2. The Morgan fingerprint density at radius 1 is 0.821 bits per heavy atom. The number of methoxy groups -OCH3 is 1. The third-order valence-corrected chi connectivity index (χ3v) is 6.33. The summed E-state index contributed by atoms with van der Waals surface area (Å²) in [6.07, 6.45) is 2.10. The molecular formula is C30H27N3O6. The number of benzene rings is 3. The van der Waals surface area contributed by atoms with E-state index in [2.05, 4.69) is 4.98 Å². The lowest BCUT2D eigenvalue weighted by Gasteiger charge is -2.15. The van der Waals surface area contributed by atoms with Crippen molar-refractivity contribution in [1.29, 1.82) is 0 Å². The van der Waals surface area contributed by atoms with Crippen molar-refractivity contribution >= 4 is 11.8 Å². The highest BCUT2D eigenvalue weighted by atomic mass is 16.5. The molecule has 3 aromatic carbocycles. The van der Waals surface area contributed by atoms with Gasteiger partial charge in [0, 0.05) is 18.2 Å². The first-order chi connectivity index (χ1) is 19.0. The molecule has 0 fully saturated rings. The van der Waals surface area contributed by atoms with E-state index in [0.29, 0.717) is 29.7 Å². The molecule has 0 saturated carbocycles. The number of carbonyl (C=O) groups is 2. The molecule has 1 aliphatic heterocycles. The van der Waals surface area contributed by atoms with Crippen molar-refractivity contribution in [2.24, 2.45) is 0 Å². The molecule has 39 heavy (non-hydrogen) atoms. The highest BCUT2D eigenvalue weighted by molar-refractivity contribution is 6.21. The SMILES string of the molecule is COc1nc(=O)n(COCCN2C(=O)c3ccccc3C2=O)cc1Cc1cccc(OCc2ccccc2)c1. The van der Waals surface area contributed by atoms with E-state index in [1.165, 1.54) is 11.7 Å². The Labute approximate surface area is 225 Å². The van der Waals surface area contributed by atoms with E-state index < -0.39 is 5.69 Å². The van der Waals surface area contributed by atoms with E-state index in [9.17, 15) is 14.4 Å². The molecular weight excluding hydrogens is 498 g/mol. The first kappa shape index (κ1) is 25.9. The van der Waals surface area contributed by atoms with E-state index in [1.54, 1.807) is 30.5 Å². The summed E-state index contributed by atoms with van der Waals surface area (Å²) >= 11 is 0. The Kier molecular flexibility index (Phi) is 7.79. The van der Waals surface area contributed by atoms with Crippen molar-refractivity contribution in [2.45, 2.75) is 19.8 Å². The third-order valence-electron chi connectivity index (χ3n) is 6.33. The summed E-state index contributed by atoms with van der Waals surface area (Å²) in [6, 6.07) is 24.3. The van der Waals surface area contributed by atoms with Crippen molar-refractivity contribution in [3.63, 3.8) is 0 Å². The van der Waals surface area contributed by atoms with Gasteiger partial charge in [0.2, 0.25) is 5.88 Å². The Balaban J connectivity index is 1.21. The van der Waals surface area contributed by atoms with Crippen LogP contribution in [0.15, 0.2) is 89.9 Å². The van der Waals surface area contributed by atoms with Gasteiger partial charge in [-0.3, -0.25) is 19.1 Å². The summed E-state index contributed by atoms with van der Waals surface area (Å²) in [7, 11) is 1.47. The molecule has 9 heteroatoms. The van der Waals surface area contributed by atoms with Gasteiger partial charge in [-0.05, 0) is 35.4 Å². The first-order valence-corrected chi connectivity index (χ1v) is 12.5. The van der Waals surface area contributed by atoms with Gasteiger partial charge in [0.1, 0.15) is 19.1 Å². The number of amides is 2. The molecule has 1 aliphatic rings. The normalized spacial score (nSPS) is 12.5. The standard InChI is InChI=1S/C30H27N3O6/c1-37-27-23(16-22-10-7-11-24(17-22)39-19-21-8-3-2-4-9-21)18-32(30(36)31-27)20-38-15-14-33-28(34)25-12-5-6-13-26(25)29(33)35/h2-13,17-18H,14-16,19-20H2,1H3. The summed E-state index contributed by atoms with van der Waals surface area (Å²) in [5, 5.41) is 0. The van der Waals surface area contributed by atoms with E-state index >= 15 is 0 Å². The van der Waals surface area contributed by atoms with Crippen molar-refractivity contribution in [3.05, 3.63) is 123 Å². The van der Waals surface area contributed by atoms with Gasteiger partial charge in [-0.15, -0.1) is 0 Å². The second-order valence-electron chi connectivity index (χ2n) is 8.97. The molecule has 0 radical (unpaired) electrons. The van der Waals surface area contributed by atoms with Crippen LogP contribution >= 0.6 is 0 Å². The predicted octanol–water partition coefficient (Wildman–Crippen LogP) is 3.69. The minimum Gasteiger partial charge on any atom is -0.489 e. The van der Waals surface area contributed by atoms with E-state index in [4.69, 9.17) is 14.2 Å². The Morgan fingerprint density at radius 2 is 1.51 bits per heavy atom. The largest absolute Gasteiger partial charge is 0.489 e. The molecule has 0 spiro atoms. The fourth-order valence-corrected chi connectivity index (χ4v) is 4.38. The molecule has 2 heterocycles. The number of rotatable bonds is 11. The van der Waals surface area contributed by atoms with Gasteiger partial charge >= 0.3 is 5.69 Å². The highest BCUT2D eigenvalue weighted by Crippen LogP contribution is 2.23. The van der Waals surface area contributed by atoms with Crippen LogP contribution in [0.4, 0.5) is 0 Å². The minimum atomic E-state index is -0.531. The third kappa shape index (κ3) is 5.89. The maximum absolute atomic E-state index is 12.5. The molecule has 0 N–H and O–H groups in total. The summed E-state index contributed by atoms with van der Waals surface area (Å²) in [6.45, 7) is 0.512. The van der Waals surface area contributed by atoms with Crippen LogP contribution in [0.5, 0.6) is 11.6 Å².